The highest BCUT2D eigenvalue weighted by Gasteiger charge is 2.16. The fourth-order valence-electron chi connectivity index (χ4n) is 2.53. The van der Waals surface area contributed by atoms with E-state index in [4.69, 9.17) is 0 Å². The van der Waals surface area contributed by atoms with Crippen LogP contribution in [-0.4, -0.2) is 19.1 Å². The van der Waals surface area contributed by atoms with Gasteiger partial charge in [0.1, 0.15) is 0 Å². The average molecular weight is 395 g/mol. The van der Waals surface area contributed by atoms with Gasteiger partial charge in [-0.15, -0.1) is 0 Å². The molecule has 0 spiro atoms. The number of hydrogen-bond donors (Lipinski definition) is 1. The lowest BCUT2D eigenvalue weighted by Gasteiger charge is -2.09. The van der Waals surface area contributed by atoms with Crippen LogP contribution in [0.4, 0.5) is 5.69 Å². The smallest absolute Gasteiger partial charge is 0.258 e. The Kier molecular flexibility index (Phi) is 5.51. The molecule has 0 saturated carbocycles. The van der Waals surface area contributed by atoms with E-state index in [1.165, 1.54) is 30.3 Å². The van der Waals surface area contributed by atoms with Crippen molar-refractivity contribution in [2.24, 2.45) is 5.10 Å². The summed E-state index contributed by atoms with van der Waals surface area (Å²) in [5.74, 6) is 0. The molecule has 0 saturated heterocycles. The Morgan fingerprint density at radius 3 is 2.21 bits per heavy atom. The summed E-state index contributed by atoms with van der Waals surface area (Å²) in [5.41, 5.74) is 2.15. The first kappa shape index (κ1) is 19.2. The highest BCUT2D eigenvalue weighted by molar-refractivity contribution is 7.89. The molecule has 8 heteroatoms. The zero-order valence-electron chi connectivity index (χ0n) is 14.9. The summed E-state index contributed by atoms with van der Waals surface area (Å²) >= 11 is 0. The first-order valence-electron chi connectivity index (χ1n) is 8.33. The second-order valence-corrected chi connectivity index (χ2v) is 7.70. The lowest BCUT2D eigenvalue weighted by Crippen LogP contribution is -2.21. The van der Waals surface area contributed by atoms with Gasteiger partial charge < -0.3 is 0 Å². The Morgan fingerprint density at radius 2 is 1.57 bits per heavy atom. The molecule has 0 radical (unpaired) electrons. The first-order valence-corrected chi connectivity index (χ1v) is 9.81. The number of nitrogens with zero attached hydrogens (tertiary/aromatic N) is 2. The highest BCUT2D eigenvalue weighted by atomic mass is 32.2. The summed E-state index contributed by atoms with van der Waals surface area (Å²) in [6.45, 7) is 1.86. The summed E-state index contributed by atoms with van der Waals surface area (Å²) in [6, 6.07) is 21.1. The molecule has 0 aliphatic heterocycles. The Labute approximate surface area is 162 Å². The lowest BCUT2D eigenvalue weighted by molar-refractivity contribution is -0.384. The number of benzene rings is 3. The molecule has 3 aromatic carbocycles. The molecule has 3 rings (SSSR count). The van der Waals surface area contributed by atoms with Gasteiger partial charge in [-0.05, 0) is 19.1 Å². The molecule has 0 aromatic heterocycles. The second-order valence-electron chi connectivity index (χ2n) is 6.04. The fraction of sp³-hybridized carbons (Fsp3) is 0.0500. The molecular weight excluding hydrogens is 378 g/mol. The van der Waals surface area contributed by atoms with E-state index < -0.39 is 14.9 Å². The zero-order chi connectivity index (χ0) is 20.1. The fourth-order valence-corrected chi connectivity index (χ4v) is 3.35. The van der Waals surface area contributed by atoms with E-state index in [0.29, 0.717) is 11.1 Å². The van der Waals surface area contributed by atoms with Crippen LogP contribution in [0.1, 0.15) is 16.7 Å². The molecule has 0 unspecified atom stereocenters. The third kappa shape index (κ3) is 4.41. The SMILES string of the molecule is Cc1ccc(S(=O)(=O)N/N=C(\c2ccccc2)c2cccc([N+](=O)[O-])c2)cc1. The maximum Gasteiger partial charge on any atom is 0.276 e. The normalized spacial score (nSPS) is 11.8. The van der Waals surface area contributed by atoms with E-state index >= 15 is 0 Å². The molecule has 7 nitrogen and oxygen atoms in total. The van der Waals surface area contributed by atoms with Gasteiger partial charge in [-0.25, -0.2) is 0 Å². The van der Waals surface area contributed by atoms with E-state index in [1.807, 2.05) is 13.0 Å². The molecule has 0 fully saturated rings. The van der Waals surface area contributed by atoms with Crippen LogP contribution in [-0.2, 0) is 10.0 Å². The summed E-state index contributed by atoms with van der Waals surface area (Å²) in [5, 5.41) is 15.2. The molecule has 28 heavy (non-hydrogen) atoms. The number of sulfonamides is 1. The number of hydrazone groups is 1. The van der Waals surface area contributed by atoms with Crippen molar-refractivity contribution in [3.05, 3.63) is 106 Å². The van der Waals surface area contributed by atoms with E-state index in [0.717, 1.165) is 5.56 Å². The summed E-state index contributed by atoms with van der Waals surface area (Å²) in [7, 11) is -3.89. The predicted molar refractivity (Wildman–Crippen MR) is 107 cm³/mol. The van der Waals surface area contributed by atoms with Gasteiger partial charge in [0.05, 0.1) is 15.5 Å². The summed E-state index contributed by atoms with van der Waals surface area (Å²) in [4.78, 5) is 12.9. The van der Waals surface area contributed by atoms with Gasteiger partial charge in [0, 0.05) is 23.3 Å². The number of nitro benzene ring substituents is 1. The van der Waals surface area contributed by atoms with Gasteiger partial charge in [-0.2, -0.15) is 18.4 Å². The van der Waals surface area contributed by atoms with Crippen molar-refractivity contribution >= 4 is 21.4 Å². The maximum atomic E-state index is 12.6. The van der Waals surface area contributed by atoms with Crippen molar-refractivity contribution in [1.29, 1.82) is 0 Å². The molecule has 0 atom stereocenters. The van der Waals surface area contributed by atoms with Gasteiger partial charge in [0.2, 0.25) is 0 Å². The first-order chi connectivity index (χ1) is 13.4. The van der Waals surface area contributed by atoms with Crippen molar-refractivity contribution in [1.82, 2.24) is 4.83 Å². The van der Waals surface area contributed by atoms with Gasteiger partial charge in [-0.1, -0.05) is 60.2 Å². The van der Waals surface area contributed by atoms with Crippen molar-refractivity contribution in [3.63, 3.8) is 0 Å². The average Bonchev–Trinajstić information content (AvgIpc) is 2.69. The predicted octanol–water partition coefficient (Wildman–Crippen LogP) is 3.63. The van der Waals surface area contributed by atoms with Crippen LogP contribution in [0.25, 0.3) is 0 Å². The molecule has 3 aromatic rings. The van der Waals surface area contributed by atoms with Gasteiger partial charge in [0.25, 0.3) is 15.7 Å². The highest BCUT2D eigenvalue weighted by Crippen LogP contribution is 2.18. The number of nitro groups is 1. The molecule has 0 bridgehead atoms. The van der Waals surface area contributed by atoms with E-state index in [1.54, 1.807) is 42.5 Å². The van der Waals surface area contributed by atoms with Crippen molar-refractivity contribution in [2.45, 2.75) is 11.8 Å². The number of hydrogen-bond acceptors (Lipinski definition) is 5. The second kappa shape index (κ2) is 8.01. The monoisotopic (exact) mass is 395 g/mol. The van der Waals surface area contributed by atoms with Gasteiger partial charge >= 0.3 is 0 Å². The molecular formula is C20H17N3O4S. The molecule has 0 aliphatic carbocycles. The minimum Gasteiger partial charge on any atom is -0.258 e. The minimum atomic E-state index is -3.89. The van der Waals surface area contributed by atoms with Crippen LogP contribution in [0, 0.1) is 17.0 Å². The maximum absolute atomic E-state index is 12.6. The van der Waals surface area contributed by atoms with Crippen molar-refractivity contribution < 1.29 is 13.3 Å². The van der Waals surface area contributed by atoms with Gasteiger partial charge in [0.15, 0.2) is 0 Å². The van der Waals surface area contributed by atoms with E-state index in [-0.39, 0.29) is 16.3 Å². The third-order valence-electron chi connectivity index (χ3n) is 3.99. The Bertz CT molecular complexity index is 1130. The quantitative estimate of drug-likeness (QED) is 0.391. The lowest BCUT2D eigenvalue weighted by atomic mass is 10.0. The van der Waals surface area contributed by atoms with Gasteiger partial charge in [-0.3, -0.25) is 10.1 Å². The van der Waals surface area contributed by atoms with Crippen LogP contribution in [0.3, 0.4) is 0 Å². The molecule has 0 aliphatic rings. The molecule has 0 amide bonds. The van der Waals surface area contributed by atoms with Crippen LogP contribution in [0.15, 0.2) is 88.9 Å². The molecule has 142 valence electrons. The topological polar surface area (TPSA) is 102 Å². The Hall–Kier alpha value is -3.52. The van der Waals surface area contributed by atoms with E-state index in [9.17, 15) is 18.5 Å². The zero-order valence-corrected chi connectivity index (χ0v) is 15.8. The molecule has 1 N–H and O–H groups in total. The largest absolute Gasteiger partial charge is 0.276 e. The van der Waals surface area contributed by atoms with Crippen molar-refractivity contribution in [3.8, 4) is 0 Å². The van der Waals surface area contributed by atoms with Crippen LogP contribution < -0.4 is 4.83 Å². The van der Waals surface area contributed by atoms with Crippen LogP contribution >= 0.6 is 0 Å². The summed E-state index contributed by atoms with van der Waals surface area (Å²) in [6.07, 6.45) is 0. The van der Waals surface area contributed by atoms with Crippen molar-refractivity contribution in [2.75, 3.05) is 0 Å². The molecule has 0 heterocycles. The third-order valence-corrected chi connectivity index (χ3v) is 5.21. The van der Waals surface area contributed by atoms with Crippen LogP contribution in [0.2, 0.25) is 0 Å². The minimum absolute atomic E-state index is 0.0771. The standard InChI is InChI=1S/C20H17N3O4S/c1-15-10-12-19(13-11-15)28(26,27)22-21-20(16-6-3-2-4-7-16)17-8-5-9-18(14-17)23(24)25/h2-14,22H,1H3/b21-20+. The Balaban J connectivity index is 2.03. The number of non-ortho nitro benzene ring substituents is 1. The summed E-state index contributed by atoms with van der Waals surface area (Å²) < 4.78 is 25.1. The number of rotatable bonds is 6. The number of aryl methyl sites for hydroxylation is 1. The number of nitrogens with one attached hydrogen (secondary N) is 1. The Morgan fingerprint density at radius 1 is 0.929 bits per heavy atom. The van der Waals surface area contributed by atoms with Crippen LogP contribution in [0.5, 0.6) is 0 Å². The van der Waals surface area contributed by atoms with E-state index in [2.05, 4.69) is 9.93 Å².